The number of H-pyrrole nitrogens is 3. The van der Waals surface area contributed by atoms with Gasteiger partial charge in [0.25, 0.3) is 5.56 Å². The zero-order valence-corrected chi connectivity index (χ0v) is 10.3. The lowest BCUT2D eigenvalue weighted by Crippen LogP contribution is -2.21. The number of imidazole rings is 1. The number of fused-ring (bicyclic) bond motifs is 1. The normalized spacial score (nSPS) is 10.8. The lowest BCUT2D eigenvalue weighted by molar-refractivity contribution is 0.297. The molecule has 0 saturated heterocycles. The molecule has 2 aromatic heterocycles. The Morgan fingerprint density at radius 3 is 2.60 bits per heavy atom. The van der Waals surface area contributed by atoms with Crippen LogP contribution in [-0.2, 0) is 6.61 Å². The van der Waals surface area contributed by atoms with Crippen LogP contribution in [0, 0.1) is 0 Å². The molecule has 0 radical (unpaired) electrons. The maximum absolute atomic E-state index is 11.5. The molecule has 0 aliphatic heterocycles. The number of rotatable bonds is 3. The fourth-order valence-electron chi connectivity index (χ4n) is 1.77. The molecule has 5 N–H and O–H groups in total. The van der Waals surface area contributed by atoms with E-state index in [-0.39, 0.29) is 17.8 Å². The van der Waals surface area contributed by atoms with Gasteiger partial charge in [-0.1, -0.05) is 0 Å². The van der Waals surface area contributed by atoms with Crippen LogP contribution in [0.15, 0.2) is 33.9 Å². The van der Waals surface area contributed by atoms with Crippen molar-refractivity contribution in [1.29, 1.82) is 0 Å². The highest BCUT2D eigenvalue weighted by atomic mass is 16.5. The van der Waals surface area contributed by atoms with Crippen LogP contribution in [0.3, 0.4) is 0 Å². The summed E-state index contributed by atoms with van der Waals surface area (Å²) in [5.74, 6) is 1.06. The van der Waals surface area contributed by atoms with Gasteiger partial charge in [0.2, 0.25) is 0 Å². The second-order valence-corrected chi connectivity index (χ2v) is 4.17. The van der Waals surface area contributed by atoms with Crippen molar-refractivity contribution in [3.8, 4) is 5.75 Å². The Hall–Kier alpha value is -3.03. The van der Waals surface area contributed by atoms with Gasteiger partial charge in [0.15, 0.2) is 5.65 Å². The maximum Gasteiger partial charge on any atom is 0.327 e. The number of nitrogens with two attached hydrogens (primary N) is 1. The molecule has 20 heavy (non-hydrogen) atoms. The predicted molar refractivity (Wildman–Crippen MR) is 72.5 cm³/mol. The number of ether oxygens (including phenoxy) is 1. The summed E-state index contributed by atoms with van der Waals surface area (Å²) >= 11 is 0. The van der Waals surface area contributed by atoms with Gasteiger partial charge >= 0.3 is 5.69 Å². The van der Waals surface area contributed by atoms with Crippen LogP contribution in [0.4, 0.5) is 5.69 Å². The summed E-state index contributed by atoms with van der Waals surface area (Å²) in [5, 5.41) is 0. The van der Waals surface area contributed by atoms with Gasteiger partial charge in [-0.05, 0) is 24.3 Å². The molecule has 0 amide bonds. The molecule has 3 rings (SSSR count). The number of nitrogens with zero attached hydrogens (tertiary/aromatic N) is 1. The second-order valence-electron chi connectivity index (χ2n) is 4.17. The molecule has 0 spiro atoms. The minimum atomic E-state index is -0.597. The van der Waals surface area contributed by atoms with Crippen molar-refractivity contribution in [2.45, 2.75) is 6.61 Å². The summed E-state index contributed by atoms with van der Waals surface area (Å²) in [7, 11) is 0. The molecule has 0 aliphatic carbocycles. The fraction of sp³-hybridized carbons (Fsp3) is 0.0833. The van der Waals surface area contributed by atoms with Crippen molar-refractivity contribution in [1.82, 2.24) is 19.9 Å². The van der Waals surface area contributed by atoms with Crippen molar-refractivity contribution in [2.24, 2.45) is 0 Å². The average molecular weight is 273 g/mol. The van der Waals surface area contributed by atoms with Crippen LogP contribution in [0.5, 0.6) is 5.75 Å². The Bertz CT molecular complexity index is 859. The first-order chi connectivity index (χ1) is 9.61. The molecule has 8 nitrogen and oxygen atoms in total. The molecule has 0 unspecified atom stereocenters. The quantitative estimate of drug-likeness (QED) is 0.503. The van der Waals surface area contributed by atoms with Crippen molar-refractivity contribution in [3.05, 3.63) is 50.9 Å². The highest BCUT2D eigenvalue weighted by Gasteiger charge is 2.08. The van der Waals surface area contributed by atoms with Crippen molar-refractivity contribution in [3.63, 3.8) is 0 Å². The molecule has 1 aromatic carbocycles. The van der Waals surface area contributed by atoms with E-state index in [1.807, 2.05) is 0 Å². The van der Waals surface area contributed by atoms with Crippen LogP contribution in [0.25, 0.3) is 11.2 Å². The zero-order valence-electron chi connectivity index (χ0n) is 10.3. The number of aromatic amines is 3. The van der Waals surface area contributed by atoms with Gasteiger partial charge in [-0.15, -0.1) is 0 Å². The number of anilines is 1. The van der Waals surface area contributed by atoms with Gasteiger partial charge in [0.05, 0.1) is 0 Å². The van der Waals surface area contributed by atoms with E-state index in [1.54, 1.807) is 24.3 Å². The van der Waals surface area contributed by atoms with Crippen molar-refractivity contribution >= 4 is 16.9 Å². The maximum atomic E-state index is 11.5. The lowest BCUT2D eigenvalue weighted by Gasteiger charge is -2.03. The molecule has 8 heteroatoms. The monoisotopic (exact) mass is 273 g/mol. The SMILES string of the molecule is Nc1ccc(OCc2nc3[nH]c(=O)[nH]c(=O)c3[nH]2)cc1. The molecule has 102 valence electrons. The summed E-state index contributed by atoms with van der Waals surface area (Å²) < 4.78 is 5.49. The Morgan fingerprint density at radius 1 is 1.10 bits per heavy atom. The first-order valence-corrected chi connectivity index (χ1v) is 5.81. The third-order valence-corrected chi connectivity index (χ3v) is 2.69. The Morgan fingerprint density at radius 2 is 1.85 bits per heavy atom. The lowest BCUT2D eigenvalue weighted by atomic mass is 10.3. The van der Waals surface area contributed by atoms with E-state index in [4.69, 9.17) is 10.5 Å². The second kappa shape index (κ2) is 4.57. The van der Waals surface area contributed by atoms with Crippen LogP contribution in [-0.4, -0.2) is 19.9 Å². The summed E-state index contributed by atoms with van der Waals surface area (Å²) in [5.41, 5.74) is 5.51. The smallest absolute Gasteiger partial charge is 0.327 e. The van der Waals surface area contributed by atoms with Crippen molar-refractivity contribution < 1.29 is 4.74 Å². The third-order valence-electron chi connectivity index (χ3n) is 2.69. The van der Waals surface area contributed by atoms with Gasteiger partial charge in [-0.25, -0.2) is 9.78 Å². The van der Waals surface area contributed by atoms with E-state index in [0.717, 1.165) is 0 Å². The zero-order chi connectivity index (χ0) is 14.1. The standard InChI is InChI=1S/C12H11N5O3/c13-6-1-3-7(4-2-6)20-5-8-14-9-10(15-8)16-12(19)17-11(9)18/h1-4H,5,13H2,(H3,14,15,16,17,18,19). The number of nitrogen functional groups attached to an aromatic ring is 1. The van der Waals surface area contributed by atoms with Gasteiger partial charge in [-0.3, -0.25) is 14.8 Å². The van der Waals surface area contributed by atoms with E-state index >= 15 is 0 Å². The van der Waals surface area contributed by atoms with E-state index < -0.39 is 11.2 Å². The number of nitrogens with one attached hydrogen (secondary N) is 3. The summed E-state index contributed by atoms with van der Waals surface area (Å²) in [4.78, 5) is 34.1. The van der Waals surface area contributed by atoms with Gasteiger partial charge in [-0.2, -0.15) is 0 Å². The summed E-state index contributed by atoms with van der Waals surface area (Å²) in [6, 6.07) is 6.89. The first-order valence-electron chi connectivity index (χ1n) is 5.81. The van der Waals surface area contributed by atoms with E-state index in [1.165, 1.54) is 0 Å². The van der Waals surface area contributed by atoms with Crippen molar-refractivity contribution in [2.75, 3.05) is 5.73 Å². The number of hydrogen-bond acceptors (Lipinski definition) is 5. The molecular weight excluding hydrogens is 262 g/mol. The van der Waals surface area contributed by atoms with E-state index in [2.05, 4.69) is 19.9 Å². The molecule has 0 fully saturated rings. The van der Waals surface area contributed by atoms with Gasteiger partial charge in [0.1, 0.15) is 23.7 Å². The predicted octanol–water partition coefficient (Wildman–Crippen LogP) is 0.101. The first kappa shape index (κ1) is 12.0. The summed E-state index contributed by atoms with van der Waals surface area (Å²) in [6.07, 6.45) is 0. The van der Waals surface area contributed by atoms with E-state index in [9.17, 15) is 9.59 Å². The van der Waals surface area contributed by atoms with Crippen LogP contribution >= 0.6 is 0 Å². The van der Waals surface area contributed by atoms with Gasteiger partial charge < -0.3 is 15.5 Å². The van der Waals surface area contributed by atoms with Gasteiger partial charge in [0, 0.05) is 5.69 Å². The Balaban J connectivity index is 1.84. The largest absolute Gasteiger partial charge is 0.486 e. The molecule has 0 bridgehead atoms. The Labute approximate surface area is 111 Å². The fourth-order valence-corrected chi connectivity index (χ4v) is 1.77. The highest BCUT2D eigenvalue weighted by Crippen LogP contribution is 2.14. The third kappa shape index (κ3) is 2.26. The summed E-state index contributed by atoms with van der Waals surface area (Å²) in [6.45, 7) is 0.139. The minimum absolute atomic E-state index is 0.139. The van der Waals surface area contributed by atoms with Crippen LogP contribution in [0.1, 0.15) is 5.82 Å². The average Bonchev–Trinajstić information content (AvgIpc) is 2.81. The van der Waals surface area contributed by atoms with E-state index in [0.29, 0.717) is 17.3 Å². The molecule has 0 aliphatic rings. The van der Waals surface area contributed by atoms with Crippen LogP contribution < -0.4 is 21.7 Å². The molecule has 3 aromatic rings. The van der Waals surface area contributed by atoms with Crippen LogP contribution in [0.2, 0.25) is 0 Å². The molecule has 0 saturated carbocycles. The highest BCUT2D eigenvalue weighted by molar-refractivity contribution is 5.68. The number of benzene rings is 1. The molecular formula is C12H11N5O3. The Kier molecular flexibility index (Phi) is 2.75. The number of aromatic nitrogens is 4. The molecule has 2 heterocycles. The molecule has 0 atom stereocenters. The topological polar surface area (TPSA) is 130 Å². The minimum Gasteiger partial charge on any atom is -0.486 e. The number of hydrogen-bond donors (Lipinski definition) is 4.